The molecule has 1 N–H and O–H groups in total. The summed E-state index contributed by atoms with van der Waals surface area (Å²) in [6.07, 6.45) is 1.48. The monoisotopic (exact) mass is 314 g/mol. The fourth-order valence-corrected chi connectivity index (χ4v) is 2.30. The number of morpholine rings is 1. The van der Waals surface area contributed by atoms with Crippen molar-refractivity contribution in [2.24, 2.45) is 0 Å². The number of rotatable bonds is 2. The molecule has 0 atom stereocenters. The minimum atomic E-state index is -0.408. The third-order valence-corrected chi connectivity index (χ3v) is 3.62. The molecule has 1 fully saturated rings. The normalized spacial score (nSPS) is 14.6. The zero-order valence-electron chi connectivity index (χ0n) is 12.9. The van der Waals surface area contributed by atoms with E-state index in [9.17, 15) is 9.59 Å². The van der Waals surface area contributed by atoms with Crippen molar-refractivity contribution in [1.82, 2.24) is 14.7 Å². The van der Waals surface area contributed by atoms with Crippen LogP contribution in [0.25, 0.3) is 0 Å². The number of aryl methyl sites for hydroxylation is 1. The number of anilines is 1. The maximum atomic E-state index is 12.3. The molecule has 3 rings (SSSR count). The summed E-state index contributed by atoms with van der Waals surface area (Å²) in [4.78, 5) is 26.1. The molecule has 0 bridgehead atoms. The summed E-state index contributed by atoms with van der Waals surface area (Å²) in [6.45, 7) is 4.12. The average Bonchev–Trinajstić information content (AvgIpc) is 3.07. The largest absolute Gasteiger partial charge is 0.378 e. The molecule has 23 heavy (non-hydrogen) atoms. The summed E-state index contributed by atoms with van der Waals surface area (Å²) in [5, 5.41) is 6.81. The van der Waals surface area contributed by atoms with E-state index in [1.54, 1.807) is 11.0 Å². The molecule has 7 heteroatoms. The number of ether oxygens (including phenoxy) is 1. The van der Waals surface area contributed by atoms with Crippen molar-refractivity contribution in [2.75, 3.05) is 31.6 Å². The number of carbonyl (C=O) groups is 2. The third kappa shape index (κ3) is 3.57. The Labute approximate surface area is 133 Å². The van der Waals surface area contributed by atoms with Crippen molar-refractivity contribution in [3.8, 4) is 0 Å². The Morgan fingerprint density at radius 1 is 1.13 bits per heavy atom. The number of hydrogen-bond donors (Lipinski definition) is 1. The van der Waals surface area contributed by atoms with Crippen LogP contribution in [0.5, 0.6) is 0 Å². The lowest BCUT2D eigenvalue weighted by Gasteiger charge is -2.25. The number of carbonyl (C=O) groups excluding carboxylic acids is 2. The van der Waals surface area contributed by atoms with Gasteiger partial charge in [0.1, 0.15) is 0 Å². The maximum Gasteiger partial charge on any atom is 0.346 e. The molecule has 1 aromatic heterocycles. The number of nitrogens with one attached hydrogen (secondary N) is 1. The van der Waals surface area contributed by atoms with Crippen LogP contribution in [-0.2, 0) is 4.74 Å². The van der Waals surface area contributed by atoms with E-state index in [2.05, 4.69) is 10.4 Å². The predicted octanol–water partition coefficient (Wildman–Crippen LogP) is 1.74. The Hall–Kier alpha value is -2.67. The molecule has 2 heterocycles. The first-order valence-corrected chi connectivity index (χ1v) is 7.44. The van der Waals surface area contributed by atoms with Crippen molar-refractivity contribution >= 4 is 17.6 Å². The van der Waals surface area contributed by atoms with Crippen LogP contribution in [0.1, 0.15) is 16.1 Å². The van der Waals surface area contributed by atoms with Crippen LogP contribution < -0.4 is 5.32 Å². The highest BCUT2D eigenvalue weighted by atomic mass is 16.5. The van der Waals surface area contributed by atoms with E-state index in [1.165, 1.54) is 6.20 Å². The van der Waals surface area contributed by atoms with Crippen LogP contribution in [0.4, 0.5) is 10.5 Å². The van der Waals surface area contributed by atoms with E-state index in [0.717, 1.165) is 10.2 Å². The molecule has 2 amide bonds. The summed E-state index contributed by atoms with van der Waals surface area (Å²) in [6, 6.07) is 8.59. The Balaban J connectivity index is 1.67. The molecule has 0 unspecified atom stereocenters. The summed E-state index contributed by atoms with van der Waals surface area (Å²) >= 11 is 0. The standard InChI is InChI=1S/C16H18N4O3/c1-12-2-4-13(5-3-12)17-16(22)20-7-6-14(18-20)15(21)19-8-10-23-11-9-19/h2-7H,8-11H2,1H3,(H,17,22). The minimum Gasteiger partial charge on any atom is -0.378 e. The first kappa shape index (κ1) is 15.2. The first-order valence-electron chi connectivity index (χ1n) is 7.44. The summed E-state index contributed by atoms with van der Waals surface area (Å²) in [5.74, 6) is -0.185. The van der Waals surface area contributed by atoms with Gasteiger partial charge >= 0.3 is 6.03 Å². The van der Waals surface area contributed by atoms with Crippen molar-refractivity contribution < 1.29 is 14.3 Å². The quantitative estimate of drug-likeness (QED) is 0.916. The Morgan fingerprint density at radius 2 is 1.83 bits per heavy atom. The molecule has 0 radical (unpaired) electrons. The molecule has 120 valence electrons. The zero-order valence-corrected chi connectivity index (χ0v) is 12.9. The highest BCUT2D eigenvalue weighted by Gasteiger charge is 2.21. The van der Waals surface area contributed by atoms with Gasteiger partial charge in [-0.05, 0) is 25.1 Å². The lowest BCUT2D eigenvalue weighted by Crippen LogP contribution is -2.41. The van der Waals surface area contributed by atoms with Gasteiger partial charge in [0.25, 0.3) is 5.91 Å². The van der Waals surface area contributed by atoms with Gasteiger partial charge in [0.15, 0.2) is 5.69 Å². The molecule has 2 aromatic rings. The van der Waals surface area contributed by atoms with E-state index in [-0.39, 0.29) is 11.6 Å². The van der Waals surface area contributed by atoms with Gasteiger partial charge in [0, 0.05) is 25.0 Å². The van der Waals surface area contributed by atoms with E-state index >= 15 is 0 Å². The second-order valence-electron chi connectivity index (χ2n) is 5.35. The first-order chi connectivity index (χ1) is 11.1. The fraction of sp³-hybridized carbons (Fsp3) is 0.312. The molecule has 7 nitrogen and oxygen atoms in total. The molecule has 1 aliphatic heterocycles. The molecule has 1 aromatic carbocycles. The molecular weight excluding hydrogens is 296 g/mol. The predicted molar refractivity (Wildman–Crippen MR) is 84.5 cm³/mol. The van der Waals surface area contributed by atoms with Gasteiger partial charge in [-0.25, -0.2) is 4.79 Å². The van der Waals surface area contributed by atoms with Gasteiger partial charge in [-0.2, -0.15) is 9.78 Å². The summed E-state index contributed by atoms with van der Waals surface area (Å²) < 4.78 is 6.35. The smallest absolute Gasteiger partial charge is 0.346 e. The Bertz CT molecular complexity index is 702. The topological polar surface area (TPSA) is 76.5 Å². The van der Waals surface area contributed by atoms with Gasteiger partial charge in [-0.3, -0.25) is 4.79 Å². The number of benzene rings is 1. The molecule has 1 aliphatic rings. The van der Waals surface area contributed by atoms with Crippen molar-refractivity contribution in [3.05, 3.63) is 47.8 Å². The van der Waals surface area contributed by atoms with Gasteiger partial charge in [-0.15, -0.1) is 0 Å². The summed E-state index contributed by atoms with van der Waals surface area (Å²) in [5.41, 5.74) is 2.04. The van der Waals surface area contributed by atoms with Crippen LogP contribution in [0.15, 0.2) is 36.5 Å². The lowest BCUT2D eigenvalue weighted by molar-refractivity contribution is 0.0298. The van der Waals surface area contributed by atoms with E-state index in [4.69, 9.17) is 4.74 Å². The van der Waals surface area contributed by atoms with Crippen LogP contribution in [0, 0.1) is 6.92 Å². The minimum absolute atomic E-state index is 0.185. The number of amides is 2. The van der Waals surface area contributed by atoms with E-state index in [0.29, 0.717) is 32.0 Å². The van der Waals surface area contributed by atoms with Crippen molar-refractivity contribution in [3.63, 3.8) is 0 Å². The third-order valence-electron chi connectivity index (χ3n) is 3.62. The molecule has 0 saturated carbocycles. The lowest BCUT2D eigenvalue weighted by atomic mass is 10.2. The Morgan fingerprint density at radius 3 is 2.52 bits per heavy atom. The molecular formula is C16H18N4O3. The second kappa shape index (κ2) is 6.62. The van der Waals surface area contributed by atoms with Crippen molar-refractivity contribution in [2.45, 2.75) is 6.92 Å². The van der Waals surface area contributed by atoms with Crippen LogP contribution in [0.2, 0.25) is 0 Å². The number of aromatic nitrogens is 2. The van der Waals surface area contributed by atoms with Gasteiger partial charge in [0.05, 0.1) is 13.2 Å². The molecule has 1 saturated heterocycles. The van der Waals surface area contributed by atoms with E-state index < -0.39 is 6.03 Å². The summed E-state index contributed by atoms with van der Waals surface area (Å²) in [7, 11) is 0. The highest BCUT2D eigenvalue weighted by molar-refractivity contribution is 5.94. The van der Waals surface area contributed by atoms with Crippen LogP contribution in [-0.4, -0.2) is 52.9 Å². The maximum absolute atomic E-state index is 12.3. The SMILES string of the molecule is Cc1ccc(NC(=O)n2ccc(C(=O)N3CCOCC3)n2)cc1. The second-order valence-corrected chi connectivity index (χ2v) is 5.35. The fourth-order valence-electron chi connectivity index (χ4n) is 2.30. The zero-order chi connectivity index (χ0) is 16.2. The van der Waals surface area contributed by atoms with Crippen molar-refractivity contribution in [1.29, 1.82) is 0 Å². The van der Waals surface area contributed by atoms with Gasteiger partial charge in [-0.1, -0.05) is 17.7 Å². The number of hydrogen-bond acceptors (Lipinski definition) is 4. The molecule has 0 spiro atoms. The molecule has 0 aliphatic carbocycles. The highest BCUT2D eigenvalue weighted by Crippen LogP contribution is 2.10. The van der Waals surface area contributed by atoms with Gasteiger partial charge in [0.2, 0.25) is 0 Å². The van der Waals surface area contributed by atoms with Gasteiger partial charge < -0.3 is 15.0 Å². The van der Waals surface area contributed by atoms with Crippen LogP contribution in [0.3, 0.4) is 0 Å². The average molecular weight is 314 g/mol. The number of nitrogens with zero attached hydrogens (tertiary/aromatic N) is 3. The van der Waals surface area contributed by atoms with E-state index in [1.807, 2.05) is 31.2 Å². The van der Waals surface area contributed by atoms with Crippen LogP contribution >= 0.6 is 0 Å². The Kier molecular flexibility index (Phi) is 4.38.